The van der Waals surface area contributed by atoms with Crippen molar-refractivity contribution in [3.63, 3.8) is 0 Å². The van der Waals surface area contributed by atoms with Crippen molar-refractivity contribution < 1.29 is 12.7 Å². The summed E-state index contributed by atoms with van der Waals surface area (Å²) in [5.74, 6) is 0.864. The second-order valence-electron chi connectivity index (χ2n) is 5.48. The van der Waals surface area contributed by atoms with Gasteiger partial charge in [0.05, 0.1) is 5.71 Å². The van der Waals surface area contributed by atoms with E-state index in [2.05, 4.69) is 5.16 Å². The van der Waals surface area contributed by atoms with Gasteiger partial charge in [0.25, 0.3) is 0 Å². The molecule has 0 atom stereocenters. The van der Waals surface area contributed by atoms with E-state index in [1.165, 1.54) is 12.1 Å². The average molecular weight is 347 g/mol. The molecule has 120 valence electrons. The molecule has 0 saturated heterocycles. The molecule has 0 aromatic heterocycles. The standard InChI is InChI=1S/C17H17NO3S2/c1-12-3-6-14(7-4-12)23(19,20)21-18-16-9-10-22-17-8-5-13(2)11-15(16)17/h3-8,11H,9-10H2,1-2H3/b18-16+. The number of nitrogens with zero attached hydrogens (tertiary/aromatic N) is 1. The zero-order valence-corrected chi connectivity index (χ0v) is 14.6. The summed E-state index contributed by atoms with van der Waals surface area (Å²) in [5, 5.41) is 3.95. The first kappa shape index (κ1) is 16.1. The van der Waals surface area contributed by atoms with Crippen LogP contribution in [0.15, 0.2) is 57.4 Å². The molecule has 1 aliphatic rings. The number of fused-ring (bicyclic) bond motifs is 1. The molecule has 23 heavy (non-hydrogen) atoms. The van der Waals surface area contributed by atoms with Crippen molar-refractivity contribution in [2.75, 3.05) is 5.75 Å². The van der Waals surface area contributed by atoms with E-state index in [9.17, 15) is 8.42 Å². The molecule has 4 nitrogen and oxygen atoms in total. The predicted octanol–water partition coefficient (Wildman–Crippen LogP) is 3.91. The molecule has 0 amide bonds. The lowest BCUT2D eigenvalue weighted by Gasteiger charge is -2.17. The Balaban J connectivity index is 1.89. The van der Waals surface area contributed by atoms with Gasteiger partial charge in [0.15, 0.2) is 0 Å². The first-order valence-electron chi connectivity index (χ1n) is 7.27. The molecule has 1 heterocycles. The second kappa shape index (κ2) is 6.37. The third-order valence-electron chi connectivity index (χ3n) is 3.60. The summed E-state index contributed by atoms with van der Waals surface area (Å²) in [6.45, 7) is 3.90. The minimum absolute atomic E-state index is 0.113. The maximum Gasteiger partial charge on any atom is 0.358 e. The van der Waals surface area contributed by atoms with Crippen LogP contribution in [0.1, 0.15) is 23.1 Å². The molecular formula is C17H17NO3S2. The summed E-state index contributed by atoms with van der Waals surface area (Å²) in [4.78, 5) is 1.22. The molecular weight excluding hydrogens is 330 g/mol. The average Bonchev–Trinajstić information content (AvgIpc) is 2.53. The smallest absolute Gasteiger partial charge is 0.264 e. The zero-order valence-electron chi connectivity index (χ0n) is 12.9. The van der Waals surface area contributed by atoms with E-state index in [-0.39, 0.29) is 4.90 Å². The summed E-state index contributed by atoms with van der Waals surface area (Å²) in [5.41, 5.74) is 3.74. The Morgan fingerprint density at radius 3 is 2.48 bits per heavy atom. The van der Waals surface area contributed by atoms with E-state index < -0.39 is 10.1 Å². The third kappa shape index (κ3) is 3.59. The van der Waals surface area contributed by atoms with Gasteiger partial charge < -0.3 is 0 Å². The van der Waals surface area contributed by atoms with Crippen LogP contribution in [-0.2, 0) is 14.4 Å². The highest BCUT2D eigenvalue weighted by molar-refractivity contribution is 7.99. The van der Waals surface area contributed by atoms with Crippen molar-refractivity contribution in [1.82, 2.24) is 0 Å². The van der Waals surface area contributed by atoms with E-state index in [0.29, 0.717) is 12.1 Å². The van der Waals surface area contributed by atoms with E-state index in [1.54, 1.807) is 23.9 Å². The number of hydrogen-bond acceptors (Lipinski definition) is 5. The topological polar surface area (TPSA) is 55.7 Å². The van der Waals surface area contributed by atoms with Gasteiger partial charge in [-0.15, -0.1) is 11.8 Å². The Bertz CT molecular complexity index is 856. The molecule has 0 bridgehead atoms. The Hall–Kier alpha value is -1.79. The van der Waals surface area contributed by atoms with Crippen molar-refractivity contribution in [1.29, 1.82) is 0 Å². The lowest BCUT2D eigenvalue weighted by atomic mass is 10.1. The van der Waals surface area contributed by atoms with Crippen molar-refractivity contribution >= 4 is 27.6 Å². The molecule has 3 rings (SSSR count). The van der Waals surface area contributed by atoms with Gasteiger partial charge in [-0.05, 0) is 38.1 Å². The predicted molar refractivity (Wildman–Crippen MR) is 92.5 cm³/mol. The first-order valence-corrected chi connectivity index (χ1v) is 9.66. The van der Waals surface area contributed by atoms with E-state index in [1.807, 2.05) is 32.0 Å². The Labute approximate surface area is 140 Å². The number of benzene rings is 2. The van der Waals surface area contributed by atoms with Crippen LogP contribution in [0.3, 0.4) is 0 Å². The molecule has 0 saturated carbocycles. The number of hydrogen-bond donors (Lipinski definition) is 0. The van der Waals surface area contributed by atoms with Crippen molar-refractivity contribution in [3.8, 4) is 0 Å². The summed E-state index contributed by atoms with van der Waals surface area (Å²) in [6, 6.07) is 12.6. The zero-order chi connectivity index (χ0) is 16.4. The van der Waals surface area contributed by atoms with Gasteiger partial charge in [0.2, 0.25) is 0 Å². The van der Waals surface area contributed by atoms with E-state index in [0.717, 1.165) is 27.3 Å². The molecule has 0 aliphatic carbocycles. The highest BCUT2D eigenvalue weighted by Gasteiger charge is 2.20. The van der Waals surface area contributed by atoms with E-state index >= 15 is 0 Å². The summed E-state index contributed by atoms with van der Waals surface area (Å²) >= 11 is 1.75. The second-order valence-corrected chi connectivity index (χ2v) is 8.14. The minimum atomic E-state index is -3.88. The molecule has 0 spiro atoms. The van der Waals surface area contributed by atoms with Crippen LogP contribution in [0.4, 0.5) is 0 Å². The molecule has 2 aromatic carbocycles. The van der Waals surface area contributed by atoms with Gasteiger partial charge in [-0.1, -0.05) is 34.5 Å². The molecule has 0 fully saturated rings. The molecule has 0 unspecified atom stereocenters. The van der Waals surface area contributed by atoms with Crippen LogP contribution in [0, 0.1) is 13.8 Å². The van der Waals surface area contributed by atoms with Crippen LogP contribution in [0.25, 0.3) is 0 Å². The number of rotatable bonds is 3. The van der Waals surface area contributed by atoms with Gasteiger partial charge in [-0.2, -0.15) is 8.42 Å². The van der Waals surface area contributed by atoms with Crippen molar-refractivity contribution in [2.24, 2.45) is 5.16 Å². The molecule has 2 aromatic rings. The highest BCUT2D eigenvalue weighted by Crippen LogP contribution is 2.31. The Kier molecular flexibility index (Phi) is 4.46. The summed E-state index contributed by atoms with van der Waals surface area (Å²) in [6.07, 6.45) is 0.685. The Morgan fingerprint density at radius 1 is 1.04 bits per heavy atom. The van der Waals surface area contributed by atoms with Crippen LogP contribution in [-0.4, -0.2) is 19.9 Å². The fraction of sp³-hybridized carbons (Fsp3) is 0.235. The maximum atomic E-state index is 12.2. The van der Waals surface area contributed by atoms with Gasteiger partial charge in [0, 0.05) is 22.6 Å². The van der Waals surface area contributed by atoms with Crippen LogP contribution >= 0.6 is 11.8 Å². The monoisotopic (exact) mass is 347 g/mol. The van der Waals surface area contributed by atoms with E-state index in [4.69, 9.17) is 4.28 Å². The minimum Gasteiger partial charge on any atom is -0.264 e. The highest BCUT2D eigenvalue weighted by atomic mass is 32.2. The number of oxime groups is 1. The lowest BCUT2D eigenvalue weighted by molar-refractivity contribution is 0.338. The number of aryl methyl sites for hydroxylation is 2. The van der Waals surface area contributed by atoms with Gasteiger partial charge in [0.1, 0.15) is 4.90 Å². The summed E-state index contributed by atoms with van der Waals surface area (Å²) in [7, 11) is -3.88. The molecule has 1 aliphatic heterocycles. The molecule has 6 heteroatoms. The largest absolute Gasteiger partial charge is 0.358 e. The number of thioether (sulfide) groups is 1. The van der Waals surface area contributed by atoms with Crippen LogP contribution in [0.2, 0.25) is 0 Å². The van der Waals surface area contributed by atoms with Gasteiger partial charge >= 0.3 is 10.1 Å². The SMILES string of the molecule is Cc1ccc(S(=O)(=O)O/N=C2\CCSc3ccc(C)cc32)cc1. The molecule has 0 radical (unpaired) electrons. The van der Waals surface area contributed by atoms with Crippen molar-refractivity contribution in [3.05, 3.63) is 59.2 Å². The lowest BCUT2D eigenvalue weighted by Crippen LogP contribution is -2.12. The fourth-order valence-electron chi connectivity index (χ4n) is 2.32. The quantitative estimate of drug-likeness (QED) is 0.790. The summed E-state index contributed by atoms with van der Waals surface area (Å²) < 4.78 is 29.4. The van der Waals surface area contributed by atoms with Crippen LogP contribution in [0.5, 0.6) is 0 Å². The maximum absolute atomic E-state index is 12.2. The van der Waals surface area contributed by atoms with Crippen molar-refractivity contribution in [2.45, 2.75) is 30.1 Å². The third-order valence-corrected chi connectivity index (χ3v) is 5.79. The molecule has 0 N–H and O–H groups in total. The Morgan fingerprint density at radius 2 is 1.74 bits per heavy atom. The van der Waals surface area contributed by atoms with Gasteiger partial charge in [-0.3, -0.25) is 4.28 Å². The normalized spacial score (nSPS) is 16.2. The fourth-order valence-corrected chi connectivity index (χ4v) is 4.08. The first-order chi connectivity index (χ1) is 11.0. The van der Waals surface area contributed by atoms with Crippen LogP contribution < -0.4 is 0 Å². The van der Waals surface area contributed by atoms with Gasteiger partial charge in [-0.25, -0.2) is 0 Å².